The summed E-state index contributed by atoms with van der Waals surface area (Å²) >= 11 is 0. The fraction of sp³-hybridized carbons (Fsp3) is 0.667. The molecule has 0 aromatic heterocycles. The van der Waals surface area contributed by atoms with Gasteiger partial charge in [-0.15, -0.1) is 0 Å². The van der Waals surface area contributed by atoms with E-state index in [-0.39, 0.29) is 0 Å². The van der Waals surface area contributed by atoms with Gasteiger partial charge in [0, 0.05) is 45.8 Å². The van der Waals surface area contributed by atoms with Crippen molar-refractivity contribution < 1.29 is 9.53 Å². The molecule has 30 heavy (non-hydrogen) atoms. The van der Waals surface area contributed by atoms with Crippen molar-refractivity contribution in [2.24, 2.45) is 4.99 Å². The number of aliphatic imine (C=N–C) groups is 1. The van der Waals surface area contributed by atoms with Gasteiger partial charge in [-0.25, -0.2) is 0 Å². The van der Waals surface area contributed by atoms with Crippen molar-refractivity contribution in [1.29, 1.82) is 0 Å². The van der Waals surface area contributed by atoms with E-state index in [1.165, 1.54) is 12.0 Å². The van der Waals surface area contributed by atoms with Crippen LogP contribution in [0.1, 0.15) is 57.4 Å². The quantitative estimate of drug-likeness (QED) is 0.294. The molecule has 2 rings (SSSR count). The molecule has 1 saturated heterocycles. The number of guanidine groups is 1. The highest BCUT2D eigenvalue weighted by atomic mass is 16.5. The summed E-state index contributed by atoms with van der Waals surface area (Å²) in [5.74, 6) is 1.18. The molecule has 0 aliphatic carbocycles. The van der Waals surface area contributed by atoms with Gasteiger partial charge in [-0.1, -0.05) is 36.8 Å². The molecule has 1 aliphatic heterocycles. The van der Waals surface area contributed by atoms with Gasteiger partial charge in [0.25, 0.3) is 0 Å². The van der Waals surface area contributed by atoms with Crippen molar-refractivity contribution in [3.63, 3.8) is 0 Å². The van der Waals surface area contributed by atoms with Gasteiger partial charge < -0.3 is 20.3 Å². The second kappa shape index (κ2) is 15.7. The maximum absolute atomic E-state index is 12.0. The van der Waals surface area contributed by atoms with Crippen LogP contribution >= 0.6 is 0 Å². The summed E-state index contributed by atoms with van der Waals surface area (Å²) in [6, 6.07) is 10.5. The molecule has 0 saturated carbocycles. The minimum atomic E-state index is 0.312. The van der Waals surface area contributed by atoms with E-state index in [0.717, 1.165) is 90.4 Å². The molecule has 0 atom stereocenters. The first-order chi connectivity index (χ1) is 14.8. The summed E-state index contributed by atoms with van der Waals surface area (Å²) in [7, 11) is 0. The summed E-state index contributed by atoms with van der Waals surface area (Å²) in [4.78, 5) is 18.7. The van der Waals surface area contributed by atoms with E-state index in [1.807, 2.05) is 11.0 Å². The predicted molar refractivity (Wildman–Crippen MR) is 124 cm³/mol. The largest absolute Gasteiger partial charge is 0.381 e. The molecule has 0 spiro atoms. The third kappa shape index (κ3) is 10.6. The lowest BCUT2D eigenvalue weighted by Crippen LogP contribution is -2.38. The third-order valence-corrected chi connectivity index (χ3v) is 5.26. The van der Waals surface area contributed by atoms with Gasteiger partial charge in [0.2, 0.25) is 5.91 Å². The normalized spacial score (nSPS) is 15.2. The molecule has 1 aromatic rings. The SMILES string of the molecule is CCNC(=NCCCN1CCCCCC1=O)NCCCCOCCc1ccccc1. The average Bonchev–Trinajstić information content (AvgIpc) is 2.97. The minimum absolute atomic E-state index is 0.312. The number of nitrogens with one attached hydrogen (secondary N) is 2. The first-order valence-electron chi connectivity index (χ1n) is 11.7. The number of carbonyl (C=O) groups is 1. The van der Waals surface area contributed by atoms with Crippen molar-refractivity contribution in [1.82, 2.24) is 15.5 Å². The molecule has 0 unspecified atom stereocenters. The van der Waals surface area contributed by atoms with E-state index in [9.17, 15) is 4.79 Å². The van der Waals surface area contributed by atoms with E-state index in [2.05, 4.69) is 46.8 Å². The Morgan fingerprint density at radius 1 is 1.07 bits per heavy atom. The van der Waals surface area contributed by atoms with Crippen molar-refractivity contribution in [2.45, 2.75) is 58.3 Å². The standard InChI is InChI=1S/C24H40N4O2/c1-2-25-24(27-17-11-19-28-18-9-4-7-14-23(28)29)26-16-8-10-20-30-21-15-22-12-5-3-6-13-22/h3,5-6,12-13H,2,4,7-11,14-21H2,1H3,(H2,25,26,27). The molecule has 6 heteroatoms. The Hall–Kier alpha value is -2.08. The molecule has 2 N–H and O–H groups in total. The fourth-order valence-electron chi connectivity index (χ4n) is 3.54. The van der Waals surface area contributed by atoms with Crippen molar-refractivity contribution in [2.75, 3.05) is 45.9 Å². The molecule has 6 nitrogen and oxygen atoms in total. The van der Waals surface area contributed by atoms with E-state index in [0.29, 0.717) is 12.3 Å². The molecule has 1 aromatic carbocycles. The lowest BCUT2D eigenvalue weighted by molar-refractivity contribution is -0.130. The number of rotatable bonds is 13. The Morgan fingerprint density at radius 2 is 1.93 bits per heavy atom. The van der Waals surface area contributed by atoms with Gasteiger partial charge in [0.15, 0.2) is 5.96 Å². The molecule has 1 fully saturated rings. The number of ether oxygens (including phenoxy) is 1. The number of nitrogens with zero attached hydrogens (tertiary/aromatic N) is 2. The number of benzene rings is 1. The maximum Gasteiger partial charge on any atom is 0.222 e. The van der Waals surface area contributed by atoms with E-state index in [4.69, 9.17) is 4.74 Å². The van der Waals surface area contributed by atoms with Crippen LogP contribution in [-0.2, 0) is 16.0 Å². The summed E-state index contributed by atoms with van der Waals surface area (Å²) in [6.07, 6.45) is 8.04. The monoisotopic (exact) mass is 416 g/mol. The summed E-state index contributed by atoms with van der Waals surface area (Å²) < 4.78 is 5.74. The molecular weight excluding hydrogens is 376 g/mol. The van der Waals surface area contributed by atoms with Gasteiger partial charge in [0.05, 0.1) is 6.61 Å². The van der Waals surface area contributed by atoms with Gasteiger partial charge >= 0.3 is 0 Å². The number of carbonyl (C=O) groups excluding carboxylic acids is 1. The zero-order chi connectivity index (χ0) is 21.3. The molecule has 0 radical (unpaired) electrons. The number of amides is 1. The van der Waals surface area contributed by atoms with Gasteiger partial charge in [-0.05, 0) is 51.0 Å². The number of hydrogen-bond acceptors (Lipinski definition) is 3. The van der Waals surface area contributed by atoms with Crippen molar-refractivity contribution in [3.8, 4) is 0 Å². The molecule has 1 aliphatic rings. The summed E-state index contributed by atoms with van der Waals surface area (Å²) in [6.45, 7) is 7.86. The third-order valence-electron chi connectivity index (χ3n) is 5.26. The average molecular weight is 417 g/mol. The minimum Gasteiger partial charge on any atom is -0.381 e. The van der Waals surface area contributed by atoms with Crippen LogP contribution in [-0.4, -0.2) is 62.7 Å². The highest BCUT2D eigenvalue weighted by Gasteiger charge is 2.15. The zero-order valence-electron chi connectivity index (χ0n) is 18.7. The molecule has 168 valence electrons. The topological polar surface area (TPSA) is 66.0 Å². The second-order valence-electron chi connectivity index (χ2n) is 7.79. The van der Waals surface area contributed by atoms with Crippen molar-refractivity contribution >= 4 is 11.9 Å². The van der Waals surface area contributed by atoms with Gasteiger partial charge in [-0.2, -0.15) is 0 Å². The Labute approximate surface area is 182 Å². The van der Waals surface area contributed by atoms with Crippen LogP contribution < -0.4 is 10.6 Å². The van der Waals surface area contributed by atoms with Crippen LogP contribution in [0.3, 0.4) is 0 Å². The highest BCUT2D eigenvalue weighted by Crippen LogP contribution is 2.11. The van der Waals surface area contributed by atoms with E-state index in [1.54, 1.807) is 0 Å². The fourth-order valence-corrected chi connectivity index (χ4v) is 3.54. The predicted octanol–water partition coefficient (Wildman–Crippen LogP) is 3.37. The Bertz CT molecular complexity index is 606. The van der Waals surface area contributed by atoms with Crippen LogP contribution in [0, 0.1) is 0 Å². The molecule has 1 heterocycles. The van der Waals surface area contributed by atoms with Crippen LogP contribution in [0.25, 0.3) is 0 Å². The van der Waals surface area contributed by atoms with E-state index >= 15 is 0 Å². The van der Waals surface area contributed by atoms with E-state index < -0.39 is 0 Å². The Kier molecular flexibility index (Phi) is 12.7. The van der Waals surface area contributed by atoms with Gasteiger partial charge in [-0.3, -0.25) is 9.79 Å². The maximum atomic E-state index is 12.0. The van der Waals surface area contributed by atoms with Crippen molar-refractivity contribution in [3.05, 3.63) is 35.9 Å². The van der Waals surface area contributed by atoms with Crippen LogP contribution in [0.5, 0.6) is 0 Å². The lowest BCUT2D eigenvalue weighted by Gasteiger charge is -2.20. The first-order valence-corrected chi connectivity index (χ1v) is 11.7. The smallest absolute Gasteiger partial charge is 0.222 e. The Morgan fingerprint density at radius 3 is 2.77 bits per heavy atom. The second-order valence-corrected chi connectivity index (χ2v) is 7.79. The van der Waals surface area contributed by atoms with Crippen LogP contribution in [0.4, 0.5) is 0 Å². The summed E-state index contributed by atoms with van der Waals surface area (Å²) in [5, 5.41) is 6.69. The number of hydrogen-bond donors (Lipinski definition) is 2. The molecule has 1 amide bonds. The zero-order valence-corrected chi connectivity index (χ0v) is 18.7. The van der Waals surface area contributed by atoms with Crippen LogP contribution in [0.2, 0.25) is 0 Å². The first kappa shape index (κ1) is 24.2. The molecule has 0 bridgehead atoms. The number of unbranched alkanes of at least 4 members (excludes halogenated alkanes) is 1. The number of likely N-dealkylation sites (tertiary alicyclic amines) is 1. The Balaban J connectivity index is 1.52. The van der Waals surface area contributed by atoms with Crippen LogP contribution in [0.15, 0.2) is 35.3 Å². The lowest BCUT2D eigenvalue weighted by atomic mass is 10.2. The van der Waals surface area contributed by atoms with Gasteiger partial charge in [0.1, 0.15) is 0 Å². The summed E-state index contributed by atoms with van der Waals surface area (Å²) in [5.41, 5.74) is 1.32. The highest BCUT2D eigenvalue weighted by molar-refractivity contribution is 5.79. The molecular formula is C24H40N4O2.